The Balaban J connectivity index is 0.000000194. The fraction of sp³-hybridized carbons (Fsp3) is 0.175. The van der Waals surface area contributed by atoms with Crippen molar-refractivity contribution in [2.45, 2.75) is 40.5 Å². The van der Waals surface area contributed by atoms with Crippen molar-refractivity contribution in [3.8, 4) is 28.6 Å². The molecule has 0 N–H and O–H groups in total. The van der Waals surface area contributed by atoms with Crippen LogP contribution in [-0.2, 0) is 32.9 Å². The summed E-state index contributed by atoms with van der Waals surface area (Å²) in [6, 6.07) is 30.9. The van der Waals surface area contributed by atoms with Crippen LogP contribution in [0.1, 0.15) is 41.7 Å². The molecule has 3 heterocycles. The van der Waals surface area contributed by atoms with Crippen LogP contribution in [0.2, 0.25) is 0 Å². The first-order chi connectivity index (χ1) is 22.2. The van der Waals surface area contributed by atoms with E-state index in [4.69, 9.17) is 10.2 Å². The minimum atomic E-state index is -0.929. The molecule has 0 aliphatic heterocycles. The second-order valence-electron chi connectivity index (χ2n) is 12.7. The molecule has 1 aliphatic rings. The predicted molar refractivity (Wildman–Crippen MR) is 178 cm³/mol. The second kappa shape index (κ2) is 12.4. The maximum absolute atomic E-state index is 13.7. The van der Waals surface area contributed by atoms with Gasteiger partial charge in [0.1, 0.15) is 0 Å². The van der Waals surface area contributed by atoms with Crippen LogP contribution in [0.3, 0.4) is 0 Å². The van der Waals surface area contributed by atoms with Gasteiger partial charge in [-0.3, -0.25) is 13.8 Å². The summed E-state index contributed by atoms with van der Waals surface area (Å²) in [7, 11) is 0. The molecule has 235 valence electrons. The predicted octanol–water partition coefficient (Wildman–Crippen LogP) is 9.55. The minimum absolute atomic E-state index is 0. The summed E-state index contributed by atoms with van der Waals surface area (Å²) in [5, 5.41) is 12.2. The number of nitriles is 1. The zero-order chi connectivity index (χ0) is 32.2. The Kier molecular flexibility index (Phi) is 8.53. The zero-order valence-corrected chi connectivity index (χ0v) is 28.8. The number of aromatic nitrogens is 3. The van der Waals surface area contributed by atoms with Gasteiger partial charge in [0.05, 0.1) is 29.0 Å². The van der Waals surface area contributed by atoms with E-state index in [2.05, 4.69) is 91.7 Å². The number of nitrogens with zero attached hydrogens (tertiary/aromatic N) is 4. The topological polar surface area (TPSA) is 54.0 Å². The van der Waals surface area contributed by atoms with E-state index < -0.39 is 17.2 Å². The van der Waals surface area contributed by atoms with Crippen molar-refractivity contribution in [3.05, 3.63) is 137 Å². The van der Waals surface area contributed by atoms with E-state index in [1.807, 2.05) is 12.3 Å². The van der Waals surface area contributed by atoms with E-state index in [-0.39, 0.29) is 25.7 Å². The van der Waals surface area contributed by atoms with Crippen LogP contribution >= 0.6 is 0 Å². The first-order valence-electron chi connectivity index (χ1n) is 15.2. The van der Waals surface area contributed by atoms with Gasteiger partial charge in [0.25, 0.3) is 0 Å². The number of aryl methyl sites for hydroxylation is 2. The monoisotopic (exact) mass is 797 g/mol. The average molecular weight is 797 g/mol. The van der Waals surface area contributed by atoms with Crippen LogP contribution in [0.15, 0.2) is 85.2 Å². The molecule has 0 fully saturated rings. The first kappa shape index (κ1) is 32.2. The molecule has 1 aliphatic carbocycles. The van der Waals surface area contributed by atoms with Gasteiger partial charge in [-0.1, -0.05) is 61.2 Å². The third-order valence-electron chi connectivity index (χ3n) is 8.82. The summed E-state index contributed by atoms with van der Waals surface area (Å²) >= 11 is 0. The molecule has 0 unspecified atom stereocenters. The number of imidazole rings is 1. The van der Waals surface area contributed by atoms with Gasteiger partial charge in [0.2, 0.25) is 0 Å². The third kappa shape index (κ3) is 5.63. The van der Waals surface area contributed by atoms with Crippen LogP contribution in [0.4, 0.5) is 8.78 Å². The normalized spacial score (nSPS) is 13.1. The van der Waals surface area contributed by atoms with E-state index in [0.29, 0.717) is 11.1 Å². The van der Waals surface area contributed by atoms with Gasteiger partial charge in [-0.2, -0.15) is 5.26 Å². The van der Waals surface area contributed by atoms with Crippen molar-refractivity contribution in [1.82, 2.24) is 14.4 Å². The van der Waals surface area contributed by atoms with Crippen molar-refractivity contribution in [2.75, 3.05) is 0 Å². The Morgan fingerprint density at radius 1 is 0.894 bits per heavy atom. The number of hydrogen-bond acceptors (Lipinski definition) is 3. The molecule has 0 amide bonds. The van der Waals surface area contributed by atoms with E-state index in [1.165, 1.54) is 62.1 Å². The molecule has 7 aromatic rings. The van der Waals surface area contributed by atoms with Crippen molar-refractivity contribution in [1.29, 1.82) is 5.26 Å². The Labute approximate surface area is 286 Å². The number of fused-ring (bicyclic) bond motifs is 7. The summed E-state index contributed by atoms with van der Waals surface area (Å²) in [5.74, 6) is -1.85. The number of rotatable bonds is 2. The molecule has 0 atom stereocenters. The quantitative estimate of drug-likeness (QED) is 0.130. The van der Waals surface area contributed by atoms with E-state index >= 15 is 0 Å². The third-order valence-corrected chi connectivity index (χ3v) is 8.82. The molecular formula is C40H30F2IrN4-2. The molecule has 47 heavy (non-hydrogen) atoms. The molecular weight excluding hydrogens is 767 g/mol. The van der Waals surface area contributed by atoms with Crippen LogP contribution in [0, 0.1) is 54.4 Å². The van der Waals surface area contributed by atoms with Gasteiger partial charge in [0, 0.05) is 49.1 Å². The average Bonchev–Trinajstić information content (AvgIpc) is 3.61. The number of benzene rings is 4. The maximum Gasteiger partial charge on any atom is 0.0848 e. The fourth-order valence-corrected chi connectivity index (χ4v) is 6.81. The van der Waals surface area contributed by atoms with Crippen LogP contribution in [0.5, 0.6) is 0 Å². The minimum Gasteiger partial charge on any atom is -0.333 e. The molecule has 3 aromatic heterocycles. The van der Waals surface area contributed by atoms with Crippen molar-refractivity contribution in [2.24, 2.45) is 5.41 Å². The Morgan fingerprint density at radius 3 is 2.34 bits per heavy atom. The van der Waals surface area contributed by atoms with Crippen molar-refractivity contribution in [3.63, 3.8) is 0 Å². The first-order valence-corrected chi connectivity index (χ1v) is 15.2. The fourth-order valence-electron chi connectivity index (χ4n) is 6.81. The molecule has 0 saturated carbocycles. The second-order valence-corrected chi connectivity index (χ2v) is 12.7. The van der Waals surface area contributed by atoms with Crippen LogP contribution < -0.4 is 0 Å². The molecule has 0 saturated heterocycles. The van der Waals surface area contributed by atoms with Gasteiger partial charge < -0.3 is 9.38 Å². The van der Waals surface area contributed by atoms with Gasteiger partial charge >= 0.3 is 0 Å². The van der Waals surface area contributed by atoms with Crippen LogP contribution in [0.25, 0.3) is 49.8 Å². The summed E-state index contributed by atoms with van der Waals surface area (Å²) < 4.78 is 29.1. The Bertz CT molecular complexity index is 2330. The Hall–Kier alpha value is -4.76. The molecule has 8 rings (SSSR count). The largest absolute Gasteiger partial charge is 0.333 e. The van der Waals surface area contributed by atoms with Crippen molar-refractivity contribution >= 4 is 27.3 Å². The van der Waals surface area contributed by atoms with E-state index in [1.54, 1.807) is 18.2 Å². The number of pyridine rings is 2. The molecule has 7 heteroatoms. The molecule has 0 spiro atoms. The van der Waals surface area contributed by atoms with E-state index in [0.717, 1.165) is 29.9 Å². The Morgan fingerprint density at radius 2 is 1.64 bits per heavy atom. The SMILES string of the molecule is Cc1cccc(C)c1-c1cnc2c3[c-]cccc3c3cc4c(cc3n12)CC(C)(C)C4.N#Cc1c(F)c[c-]c(-c2ccccn2)c1F.[Ir]. The van der Waals surface area contributed by atoms with Gasteiger partial charge in [0.15, 0.2) is 0 Å². The number of halogens is 2. The summed E-state index contributed by atoms with van der Waals surface area (Å²) in [5.41, 5.74) is 10.3. The molecule has 4 nitrogen and oxygen atoms in total. The molecule has 0 bridgehead atoms. The maximum atomic E-state index is 13.7. The molecule has 1 radical (unpaired) electrons. The number of hydrogen-bond donors (Lipinski definition) is 0. The van der Waals surface area contributed by atoms with Gasteiger partial charge in [-0.15, -0.1) is 41.8 Å². The van der Waals surface area contributed by atoms with Gasteiger partial charge in [-0.05, 0) is 77.6 Å². The van der Waals surface area contributed by atoms with Crippen molar-refractivity contribution < 1.29 is 28.9 Å². The molecule has 4 aromatic carbocycles. The van der Waals surface area contributed by atoms with E-state index in [9.17, 15) is 8.78 Å². The summed E-state index contributed by atoms with van der Waals surface area (Å²) in [6.45, 7) is 9.13. The summed E-state index contributed by atoms with van der Waals surface area (Å²) in [6.07, 6.45) is 5.80. The standard InChI is InChI=1S/C28H25N2.C12H5F2N2.Ir/c1-17-8-7-9-18(2)26(17)25-16-29-27-22-11-6-5-10-21(22)23-12-19-14-28(3,4)15-20(19)13-24(23)30(25)27;13-10-5-4-8(12(14)9(10)7-15)11-3-1-2-6-16-11;/h5-10,12-13,16H,14-15H2,1-4H3;1-3,5-6H;/q2*-1;. The van der Waals surface area contributed by atoms with Gasteiger partial charge in [-0.25, -0.2) is 0 Å². The summed E-state index contributed by atoms with van der Waals surface area (Å²) in [4.78, 5) is 8.82. The smallest absolute Gasteiger partial charge is 0.0848 e. The van der Waals surface area contributed by atoms with Crippen LogP contribution in [-0.4, -0.2) is 14.4 Å². The zero-order valence-electron chi connectivity index (χ0n) is 26.4.